The minimum Gasteiger partial charge on any atom is -0.382 e. The van der Waals surface area contributed by atoms with Crippen LogP contribution >= 0.6 is 11.6 Å². The quantitative estimate of drug-likeness (QED) is 0.548. The molecule has 0 fully saturated rings. The van der Waals surface area contributed by atoms with Gasteiger partial charge in [0.15, 0.2) is 11.4 Å². The van der Waals surface area contributed by atoms with Gasteiger partial charge >= 0.3 is 0 Å². The van der Waals surface area contributed by atoms with E-state index < -0.39 is 17.0 Å². The van der Waals surface area contributed by atoms with Crippen molar-refractivity contribution in [3.8, 4) is 0 Å². The maximum atomic E-state index is 13.9. The summed E-state index contributed by atoms with van der Waals surface area (Å²) in [5.74, 6) is -0.786. The molecule has 2 aliphatic rings. The zero-order chi connectivity index (χ0) is 22.5. The summed E-state index contributed by atoms with van der Waals surface area (Å²) < 4.78 is 0. The average molecular weight is 447 g/mol. The van der Waals surface area contributed by atoms with Gasteiger partial charge in [0.05, 0.1) is 17.6 Å². The number of Topliss-reactive ketones (excluding diaryl/α,β-unsaturated/α-hetero) is 1. The first kappa shape index (κ1) is 20.7. The number of nitrogens with zero attached hydrogens (tertiary/aromatic N) is 1. The number of benzene rings is 3. The lowest BCUT2D eigenvalue weighted by Crippen LogP contribution is -2.53. The molecule has 0 spiro atoms. The van der Waals surface area contributed by atoms with Crippen molar-refractivity contribution in [3.05, 3.63) is 94.5 Å². The van der Waals surface area contributed by atoms with E-state index in [1.165, 1.54) is 0 Å². The number of hydrogen-bond donors (Lipinski definition) is 2. The van der Waals surface area contributed by atoms with E-state index in [4.69, 9.17) is 11.6 Å². The predicted octanol–water partition coefficient (Wildman–Crippen LogP) is 4.88. The largest absolute Gasteiger partial charge is 0.382 e. The van der Waals surface area contributed by atoms with E-state index in [1.807, 2.05) is 43.3 Å². The fourth-order valence-corrected chi connectivity index (χ4v) is 5.17. The van der Waals surface area contributed by atoms with Crippen LogP contribution in [0.1, 0.15) is 41.3 Å². The van der Waals surface area contributed by atoms with Gasteiger partial charge in [-0.2, -0.15) is 0 Å². The lowest BCUT2D eigenvalue weighted by atomic mass is 9.86. The third kappa shape index (κ3) is 2.89. The Balaban J connectivity index is 1.60. The first-order valence-corrected chi connectivity index (χ1v) is 11.1. The molecule has 3 aromatic carbocycles. The Kier molecular flexibility index (Phi) is 4.84. The number of hydrogen-bond acceptors (Lipinski definition) is 4. The van der Waals surface area contributed by atoms with Crippen LogP contribution in [0.3, 0.4) is 0 Å². The summed E-state index contributed by atoms with van der Waals surface area (Å²) >= 11 is 5.94. The Morgan fingerprint density at radius 1 is 1.03 bits per heavy atom. The lowest BCUT2D eigenvalue weighted by Gasteiger charge is -2.39. The van der Waals surface area contributed by atoms with Gasteiger partial charge in [0.1, 0.15) is 0 Å². The lowest BCUT2D eigenvalue weighted by molar-refractivity contribution is -0.137. The second-order valence-electron chi connectivity index (χ2n) is 8.41. The zero-order valence-corrected chi connectivity index (χ0v) is 18.4. The minimum atomic E-state index is -1.94. The summed E-state index contributed by atoms with van der Waals surface area (Å²) in [6.45, 7) is 2.57. The maximum absolute atomic E-state index is 13.9. The first-order chi connectivity index (χ1) is 15.4. The van der Waals surface area contributed by atoms with Crippen molar-refractivity contribution in [1.82, 2.24) is 0 Å². The third-order valence-corrected chi connectivity index (χ3v) is 6.99. The van der Waals surface area contributed by atoms with Crippen molar-refractivity contribution in [2.45, 2.75) is 30.9 Å². The number of rotatable bonds is 5. The number of anilines is 2. The summed E-state index contributed by atoms with van der Waals surface area (Å²) in [4.78, 5) is 28.7. The summed E-state index contributed by atoms with van der Waals surface area (Å²) in [5.41, 5.74) is 0.912. The molecular formula is C26H23ClN2O3. The number of carbonyl (C=O) groups excluding carboxylic acids is 2. The van der Waals surface area contributed by atoms with Crippen molar-refractivity contribution in [1.29, 1.82) is 0 Å². The molecule has 0 bridgehead atoms. The normalized spacial score (nSPS) is 23.6. The fourth-order valence-electron chi connectivity index (χ4n) is 5.05. The summed E-state index contributed by atoms with van der Waals surface area (Å²) in [7, 11) is 0. The van der Waals surface area contributed by atoms with E-state index in [0.717, 1.165) is 11.3 Å². The van der Waals surface area contributed by atoms with Crippen LogP contribution < -0.4 is 10.2 Å². The van der Waals surface area contributed by atoms with Gasteiger partial charge in [-0.3, -0.25) is 14.5 Å². The molecule has 32 heavy (non-hydrogen) atoms. The van der Waals surface area contributed by atoms with E-state index in [9.17, 15) is 14.7 Å². The highest BCUT2D eigenvalue weighted by molar-refractivity contribution is 6.30. The van der Waals surface area contributed by atoms with Gasteiger partial charge in [0.2, 0.25) is 0 Å². The Morgan fingerprint density at radius 2 is 1.69 bits per heavy atom. The van der Waals surface area contributed by atoms with Gasteiger partial charge < -0.3 is 10.4 Å². The second kappa shape index (κ2) is 7.47. The molecule has 1 amide bonds. The molecule has 3 aromatic rings. The average Bonchev–Trinajstić information content (AvgIpc) is 3.29. The number of fused-ring (bicyclic) bond motifs is 2. The number of aliphatic hydroxyl groups is 1. The van der Waals surface area contributed by atoms with Crippen LogP contribution in [0.4, 0.5) is 11.4 Å². The number of para-hydroxylation sites is 2. The second-order valence-corrected chi connectivity index (χ2v) is 8.85. The number of ketones is 1. The van der Waals surface area contributed by atoms with Crippen LogP contribution in [0.25, 0.3) is 0 Å². The van der Waals surface area contributed by atoms with Gasteiger partial charge in [0.25, 0.3) is 5.91 Å². The molecule has 6 heteroatoms. The van der Waals surface area contributed by atoms with Crippen LogP contribution in [0.5, 0.6) is 0 Å². The molecule has 2 aliphatic heterocycles. The molecule has 0 saturated carbocycles. The summed E-state index contributed by atoms with van der Waals surface area (Å²) in [5, 5.41) is 15.7. The van der Waals surface area contributed by atoms with Gasteiger partial charge in [-0.1, -0.05) is 54.9 Å². The van der Waals surface area contributed by atoms with Crippen LogP contribution in [0.2, 0.25) is 5.02 Å². The van der Waals surface area contributed by atoms with E-state index in [0.29, 0.717) is 34.8 Å². The molecule has 2 heterocycles. The highest BCUT2D eigenvalue weighted by Gasteiger charge is 2.58. The molecule has 2 N–H and O–H groups in total. The molecule has 5 nitrogen and oxygen atoms in total. The molecule has 0 radical (unpaired) electrons. The molecule has 2 atom stereocenters. The molecule has 5 rings (SSSR count). The SMILES string of the molecule is CCC1(N2C(=O)C(O)(CC(=O)c3ccc(Cl)cc3)c3ccccc32)CNc2ccccc21. The Labute approximate surface area is 191 Å². The zero-order valence-electron chi connectivity index (χ0n) is 17.6. The Bertz CT molecular complexity index is 1230. The standard InChI is InChI=1S/C26H23ClN2O3/c1-2-25(16-28-21-9-5-3-7-19(21)25)29-22-10-6-4-8-20(22)26(32,24(29)31)15-23(30)17-11-13-18(27)14-12-17/h3-14,28,32H,2,15-16H2,1H3. The minimum absolute atomic E-state index is 0.315. The highest BCUT2D eigenvalue weighted by Crippen LogP contribution is 2.52. The van der Waals surface area contributed by atoms with Gasteiger partial charge in [-0.05, 0) is 42.8 Å². The number of halogens is 1. The molecular weight excluding hydrogens is 424 g/mol. The van der Waals surface area contributed by atoms with Crippen LogP contribution in [-0.2, 0) is 15.9 Å². The number of amides is 1. The number of carbonyl (C=O) groups is 2. The monoisotopic (exact) mass is 446 g/mol. The fraction of sp³-hybridized carbons (Fsp3) is 0.231. The number of nitrogens with one attached hydrogen (secondary N) is 1. The van der Waals surface area contributed by atoms with Crippen LogP contribution in [0.15, 0.2) is 72.8 Å². The molecule has 162 valence electrons. The summed E-state index contributed by atoms with van der Waals surface area (Å²) in [6, 6.07) is 21.6. The van der Waals surface area contributed by atoms with Crippen molar-refractivity contribution in [3.63, 3.8) is 0 Å². The van der Waals surface area contributed by atoms with Crippen LogP contribution in [-0.4, -0.2) is 23.3 Å². The van der Waals surface area contributed by atoms with Crippen molar-refractivity contribution < 1.29 is 14.7 Å². The van der Waals surface area contributed by atoms with Crippen molar-refractivity contribution in [2.75, 3.05) is 16.8 Å². The van der Waals surface area contributed by atoms with Crippen molar-refractivity contribution >= 4 is 34.7 Å². The topological polar surface area (TPSA) is 69.6 Å². The third-order valence-electron chi connectivity index (χ3n) is 6.74. The van der Waals surface area contributed by atoms with Crippen LogP contribution in [0, 0.1) is 0 Å². The predicted molar refractivity (Wildman–Crippen MR) is 125 cm³/mol. The first-order valence-electron chi connectivity index (χ1n) is 10.7. The van der Waals surface area contributed by atoms with Crippen molar-refractivity contribution in [2.24, 2.45) is 0 Å². The smallest absolute Gasteiger partial charge is 0.265 e. The van der Waals surface area contributed by atoms with E-state index in [1.54, 1.807) is 41.3 Å². The van der Waals surface area contributed by atoms with E-state index >= 15 is 0 Å². The summed E-state index contributed by atoms with van der Waals surface area (Å²) in [6.07, 6.45) is 0.314. The van der Waals surface area contributed by atoms with E-state index in [-0.39, 0.29) is 12.2 Å². The molecule has 0 aromatic heterocycles. The highest BCUT2D eigenvalue weighted by atomic mass is 35.5. The Hall–Kier alpha value is -3.15. The van der Waals surface area contributed by atoms with Gasteiger partial charge in [-0.15, -0.1) is 0 Å². The molecule has 0 aliphatic carbocycles. The maximum Gasteiger partial charge on any atom is 0.265 e. The Morgan fingerprint density at radius 3 is 2.41 bits per heavy atom. The van der Waals surface area contributed by atoms with Gasteiger partial charge in [-0.25, -0.2) is 0 Å². The van der Waals surface area contributed by atoms with Gasteiger partial charge in [0, 0.05) is 33.9 Å². The molecule has 2 unspecified atom stereocenters. The van der Waals surface area contributed by atoms with E-state index in [2.05, 4.69) is 5.32 Å². The molecule has 0 saturated heterocycles.